The third kappa shape index (κ3) is 3.25. The lowest BCUT2D eigenvalue weighted by Gasteiger charge is -2.16. The molecular formula is C19H19N3O3. The highest BCUT2D eigenvalue weighted by molar-refractivity contribution is 5.89. The highest BCUT2D eigenvalue weighted by atomic mass is 16.6. The van der Waals surface area contributed by atoms with Crippen LogP contribution in [-0.2, 0) is 9.47 Å². The van der Waals surface area contributed by atoms with Gasteiger partial charge in [0.15, 0.2) is 0 Å². The molecule has 25 heavy (non-hydrogen) atoms. The molecule has 0 bridgehead atoms. The van der Waals surface area contributed by atoms with Gasteiger partial charge in [0.2, 0.25) is 0 Å². The van der Waals surface area contributed by atoms with E-state index >= 15 is 0 Å². The lowest BCUT2D eigenvalue weighted by molar-refractivity contribution is -0.0307. The molecule has 6 nitrogen and oxygen atoms in total. The number of carbonyl (C=O) groups is 1. The summed E-state index contributed by atoms with van der Waals surface area (Å²) in [4.78, 5) is 20.4. The van der Waals surface area contributed by atoms with E-state index in [1.807, 2.05) is 35.9 Å². The smallest absolute Gasteiger partial charge is 0.338 e. The summed E-state index contributed by atoms with van der Waals surface area (Å²) in [5, 5.41) is 0.986. The van der Waals surface area contributed by atoms with Crippen molar-refractivity contribution in [1.29, 1.82) is 0 Å². The molecule has 0 amide bonds. The third-order valence-corrected chi connectivity index (χ3v) is 4.46. The Labute approximate surface area is 145 Å². The minimum absolute atomic E-state index is 0.0875. The van der Waals surface area contributed by atoms with Crippen LogP contribution in [0, 0.1) is 6.92 Å². The molecule has 1 saturated heterocycles. The van der Waals surface area contributed by atoms with E-state index in [1.54, 1.807) is 18.3 Å². The van der Waals surface area contributed by atoms with Gasteiger partial charge in [-0.1, -0.05) is 17.7 Å². The Morgan fingerprint density at radius 2 is 2.12 bits per heavy atom. The van der Waals surface area contributed by atoms with Crippen molar-refractivity contribution in [2.24, 2.45) is 0 Å². The van der Waals surface area contributed by atoms with Crippen LogP contribution in [0.4, 0.5) is 0 Å². The Morgan fingerprint density at radius 3 is 2.96 bits per heavy atom. The number of carbonyl (C=O) groups excluding carboxylic acids is 1. The first-order valence-corrected chi connectivity index (χ1v) is 8.36. The summed E-state index contributed by atoms with van der Waals surface area (Å²) in [6.07, 6.45) is 6.81. The van der Waals surface area contributed by atoms with Crippen molar-refractivity contribution in [3.05, 3.63) is 60.2 Å². The first kappa shape index (κ1) is 15.8. The number of benzene rings is 1. The number of fused-ring (bicyclic) bond motifs is 1. The molecule has 0 aliphatic carbocycles. The fourth-order valence-electron chi connectivity index (χ4n) is 3.09. The Hall–Kier alpha value is -2.73. The van der Waals surface area contributed by atoms with Crippen LogP contribution < -0.4 is 0 Å². The number of aryl methyl sites for hydroxylation is 1. The minimum Gasteiger partial charge on any atom is -0.459 e. The predicted octanol–water partition coefficient (Wildman–Crippen LogP) is 3.27. The molecule has 1 aromatic carbocycles. The van der Waals surface area contributed by atoms with E-state index < -0.39 is 0 Å². The average Bonchev–Trinajstić information content (AvgIpc) is 3.27. The van der Waals surface area contributed by atoms with E-state index in [9.17, 15) is 4.79 Å². The van der Waals surface area contributed by atoms with E-state index in [0.717, 1.165) is 29.4 Å². The van der Waals surface area contributed by atoms with Crippen molar-refractivity contribution in [2.45, 2.75) is 32.1 Å². The van der Waals surface area contributed by atoms with Crippen LogP contribution in [-0.4, -0.2) is 33.2 Å². The Bertz CT molecular complexity index is 888. The molecule has 0 unspecified atom stereocenters. The number of esters is 1. The van der Waals surface area contributed by atoms with Crippen LogP contribution in [0.25, 0.3) is 11.0 Å². The second-order valence-electron chi connectivity index (χ2n) is 6.28. The van der Waals surface area contributed by atoms with Crippen molar-refractivity contribution in [1.82, 2.24) is 14.5 Å². The number of hydrogen-bond donors (Lipinski definition) is 0. The van der Waals surface area contributed by atoms with Crippen molar-refractivity contribution >= 4 is 17.0 Å². The van der Waals surface area contributed by atoms with Gasteiger partial charge in [-0.05, 0) is 38.0 Å². The molecule has 0 spiro atoms. The van der Waals surface area contributed by atoms with Gasteiger partial charge in [0.1, 0.15) is 24.8 Å². The van der Waals surface area contributed by atoms with Crippen molar-refractivity contribution in [2.75, 3.05) is 6.61 Å². The van der Waals surface area contributed by atoms with Gasteiger partial charge in [-0.2, -0.15) is 0 Å². The van der Waals surface area contributed by atoms with Crippen LogP contribution in [0.3, 0.4) is 0 Å². The molecule has 0 N–H and O–H groups in total. The van der Waals surface area contributed by atoms with Gasteiger partial charge in [-0.3, -0.25) is 0 Å². The molecule has 0 radical (unpaired) electrons. The molecular weight excluding hydrogens is 318 g/mol. The fraction of sp³-hybridized carbons (Fsp3) is 0.316. The summed E-state index contributed by atoms with van der Waals surface area (Å²) in [5.74, 6) is -0.314. The average molecular weight is 337 g/mol. The summed E-state index contributed by atoms with van der Waals surface area (Å²) in [7, 11) is 0. The van der Waals surface area contributed by atoms with E-state index in [0.29, 0.717) is 5.56 Å². The zero-order valence-corrected chi connectivity index (χ0v) is 14.0. The second-order valence-corrected chi connectivity index (χ2v) is 6.28. The van der Waals surface area contributed by atoms with Crippen molar-refractivity contribution in [3.63, 3.8) is 0 Å². The number of rotatable bonds is 4. The molecule has 3 heterocycles. The monoisotopic (exact) mass is 337 g/mol. The van der Waals surface area contributed by atoms with Crippen LogP contribution in [0.1, 0.15) is 35.0 Å². The SMILES string of the molecule is Cc1ccc(C(=O)OC[C@H]2CC[C@H](n3ccc4cncnc43)O2)cc1. The van der Waals surface area contributed by atoms with E-state index in [1.165, 1.54) is 6.33 Å². The molecule has 0 saturated carbocycles. The van der Waals surface area contributed by atoms with Gasteiger partial charge < -0.3 is 14.0 Å². The Balaban J connectivity index is 1.36. The first-order valence-electron chi connectivity index (χ1n) is 8.36. The summed E-state index contributed by atoms with van der Waals surface area (Å²) in [6, 6.07) is 9.34. The van der Waals surface area contributed by atoms with E-state index in [-0.39, 0.29) is 24.9 Å². The summed E-state index contributed by atoms with van der Waals surface area (Å²) in [6.45, 7) is 2.24. The summed E-state index contributed by atoms with van der Waals surface area (Å²) in [5.41, 5.74) is 2.53. The Morgan fingerprint density at radius 1 is 1.28 bits per heavy atom. The lowest BCUT2D eigenvalue weighted by Crippen LogP contribution is -2.19. The molecule has 128 valence electrons. The molecule has 1 fully saturated rings. The van der Waals surface area contributed by atoms with Gasteiger partial charge in [0.05, 0.1) is 11.7 Å². The maximum absolute atomic E-state index is 12.1. The number of aromatic nitrogens is 3. The van der Waals surface area contributed by atoms with E-state index in [4.69, 9.17) is 9.47 Å². The first-order chi connectivity index (χ1) is 12.2. The molecule has 2 atom stereocenters. The maximum Gasteiger partial charge on any atom is 0.338 e. The third-order valence-electron chi connectivity index (χ3n) is 4.46. The normalized spacial score (nSPS) is 20.0. The van der Waals surface area contributed by atoms with Gasteiger partial charge in [0, 0.05) is 17.8 Å². The van der Waals surface area contributed by atoms with Crippen molar-refractivity contribution in [3.8, 4) is 0 Å². The van der Waals surface area contributed by atoms with Crippen LogP contribution >= 0.6 is 0 Å². The van der Waals surface area contributed by atoms with Crippen LogP contribution in [0.15, 0.2) is 49.1 Å². The van der Waals surface area contributed by atoms with Gasteiger partial charge in [0.25, 0.3) is 0 Å². The van der Waals surface area contributed by atoms with E-state index in [2.05, 4.69) is 9.97 Å². The number of nitrogens with zero attached hydrogens (tertiary/aromatic N) is 3. The van der Waals surface area contributed by atoms with Crippen molar-refractivity contribution < 1.29 is 14.3 Å². The van der Waals surface area contributed by atoms with Gasteiger partial charge in [-0.15, -0.1) is 0 Å². The standard InChI is InChI=1S/C19H19N3O3/c1-13-2-4-14(5-3-13)19(23)24-11-16-6-7-17(25-16)22-9-8-15-10-20-12-21-18(15)22/h2-5,8-10,12,16-17H,6-7,11H2,1H3/t16-,17-/m1/s1. The Kier molecular flexibility index (Phi) is 4.19. The minimum atomic E-state index is -0.314. The molecule has 1 aliphatic heterocycles. The maximum atomic E-state index is 12.1. The fourth-order valence-corrected chi connectivity index (χ4v) is 3.09. The van der Waals surface area contributed by atoms with Gasteiger partial charge in [-0.25, -0.2) is 14.8 Å². The molecule has 1 aliphatic rings. The number of hydrogen-bond acceptors (Lipinski definition) is 5. The molecule has 4 rings (SSSR count). The van der Waals surface area contributed by atoms with Crippen LogP contribution in [0.2, 0.25) is 0 Å². The molecule has 6 heteroatoms. The highest BCUT2D eigenvalue weighted by Crippen LogP contribution is 2.31. The quantitative estimate of drug-likeness (QED) is 0.684. The topological polar surface area (TPSA) is 66.2 Å². The zero-order valence-electron chi connectivity index (χ0n) is 14.0. The number of ether oxygens (including phenoxy) is 2. The molecule has 2 aromatic heterocycles. The summed E-state index contributed by atoms with van der Waals surface area (Å²) >= 11 is 0. The largest absolute Gasteiger partial charge is 0.459 e. The molecule has 3 aromatic rings. The van der Waals surface area contributed by atoms with Crippen LogP contribution in [0.5, 0.6) is 0 Å². The van der Waals surface area contributed by atoms with Gasteiger partial charge >= 0.3 is 5.97 Å². The lowest BCUT2D eigenvalue weighted by atomic mass is 10.1. The second kappa shape index (κ2) is 6.64. The zero-order chi connectivity index (χ0) is 17.2. The predicted molar refractivity (Wildman–Crippen MR) is 92.1 cm³/mol. The highest BCUT2D eigenvalue weighted by Gasteiger charge is 2.28. The summed E-state index contributed by atoms with van der Waals surface area (Å²) < 4.78 is 13.5.